The molecule has 0 fully saturated rings. The Labute approximate surface area is 199 Å². The van der Waals surface area contributed by atoms with Crippen molar-refractivity contribution in [2.24, 2.45) is 0 Å². The predicted molar refractivity (Wildman–Crippen MR) is 131 cm³/mol. The molecule has 0 saturated carbocycles. The van der Waals surface area contributed by atoms with E-state index in [4.69, 9.17) is 19.3 Å². The number of carbonyl (C=O) groups excluding carboxylic acids is 1. The number of nitrogens with one attached hydrogen (secondary N) is 2. The summed E-state index contributed by atoms with van der Waals surface area (Å²) < 4.78 is 17.1. The number of amides is 1. The van der Waals surface area contributed by atoms with Crippen LogP contribution in [0.5, 0.6) is 5.75 Å². The zero-order valence-corrected chi connectivity index (χ0v) is 19.5. The highest BCUT2D eigenvalue weighted by atomic mass is 16.7. The van der Waals surface area contributed by atoms with Crippen LogP contribution in [-0.2, 0) is 20.7 Å². The van der Waals surface area contributed by atoms with Crippen molar-refractivity contribution in [1.29, 1.82) is 0 Å². The normalized spacial score (nSPS) is 17.8. The van der Waals surface area contributed by atoms with Crippen molar-refractivity contribution in [2.75, 3.05) is 26.9 Å². The topological polar surface area (TPSA) is 92.8 Å². The Balaban J connectivity index is 1.40. The lowest BCUT2D eigenvalue weighted by molar-refractivity contribution is -0.146. The molecule has 7 nitrogen and oxygen atoms in total. The van der Waals surface area contributed by atoms with Crippen LogP contribution in [0.25, 0.3) is 10.9 Å². The van der Waals surface area contributed by atoms with Crippen molar-refractivity contribution < 1.29 is 24.1 Å². The van der Waals surface area contributed by atoms with Crippen LogP contribution in [0, 0.1) is 0 Å². The maximum atomic E-state index is 13.0. The summed E-state index contributed by atoms with van der Waals surface area (Å²) in [7, 11) is 1.65. The second kappa shape index (κ2) is 11.7. The van der Waals surface area contributed by atoms with Crippen LogP contribution in [0.2, 0.25) is 0 Å². The number of H-pyrrole nitrogens is 1. The van der Waals surface area contributed by atoms with E-state index < -0.39 is 6.29 Å². The van der Waals surface area contributed by atoms with E-state index in [0.29, 0.717) is 32.4 Å². The van der Waals surface area contributed by atoms with Crippen LogP contribution in [0.1, 0.15) is 36.3 Å². The van der Waals surface area contributed by atoms with E-state index in [9.17, 15) is 4.79 Å². The molecule has 3 aromatic rings. The molecule has 2 heterocycles. The van der Waals surface area contributed by atoms with Crippen LogP contribution in [0.3, 0.4) is 0 Å². The molecule has 1 aliphatic rings. The van der Waals surface area contributed by atoms with Crippen LogP contribution in [-0.4, -0.2) is 49.2 Å². The van der Waals surface area contributed by atoms with Crippen molar-refractivity contribution in [2.45, 2.75) is 37.9 Å². The Morgan fingerprint density at radius 3 is 2.85 bits per heavy atom. The van der Waals surface area contributed by atoms with E-state index in [-0.39, 0.29) is 24.2 Å². The first-order valence-electron chi connectivity index (χ1n) is 11.8. The van der Waals surface area contributed by atoms with Gasteiger partial charge in [-0.25, -0.2) is 0 Å². The summed E-state index contributed by atoms with van der Waals surface area (Å²) in [6, 6.07) is 16.0. The quantitative estimate of drug-likeness (QED) is 0.373. The van der Waals surface area contributed by atoms with E-state index in [1.807, 2.05) is 48.7 Å². The van der Waals surface area contributed by atoms with Crippen LogP contribution in [0.15, 0.2) is 66.6 Å². The molecular formula is C27H32N2O5. The van der Waals surface area contributed by atoms with Crippen LogP contribution < -0.4 is 10.1 Å². The second-order valence-electron chi connectivity index (χ2n) is 8.36. The number of rotatable bonds is 11. The van der Waals surface area contributed by atoms with Gasteiger partial charge in [0.15, 0.2) is 5.76 Å². The highest BCUT2D eigenvalue weighted by molar-refractivity contribution is 5.92. The van der Waals surface area contributed by atoms with Crippen molar-refractivity contribution >= 4 is 16.8 Å². The van der Waals surface area contributed by atoms with E-state index >= 15 is 0 Å². The fourth-order valence-corrected chi connectivity index (χ4v) is 4.17. The number of aliphatic hydroxyl groups is 1. The number of hydrogen-bond donors (Lipinski definition) is 3. The molecule has 2 atom stereocenters. The van der Waals surface area contributed by atoms with Gasteiger partial charge < -0.3 is 29.6 Å². The van der Waals surface area contributed by atoms with Gasteiger partial charge in [0, 0.05) is 42.6 Å². The van der Waals surface area contributed by atoms with Crippen molar-refractivity contribution in [3.8, 4) is 5.75 Å². The highest BCUT2D eigenvalue weighted by Crippen LogP contribution is 2.31. The molecule has 0 radical (unpaired) electrons. The van der Waals surface area contributed by atoms with Gasteiger partial charge in [-0.15, -0.1) is 0 Å². The minimum Gasteiger partial charge on any atom is -0.497 e. The third-order valence-corrected chi connectivity index (χ3v) is 6.02. The average Bonchev–Trinajstić information content (AvgIpc) is 3.29. The fourth-order valence-electron chi connectivity index (χ4n) is 4.17. The highest BCUT2D eigenvalue weighted by Gasteiger charge is 2.28. The summed E-state index contributed by atoms with van der Waals surface area (Å²) in [6.07, 6.45) is 6.08. The van der Waals surface area contributed by atoms with Gasteiger partial charge in [-0.1, -0.05) is 30.3 Å². The molecule has 0 spiro atoms. The van der Waals surface area contributed by atoms with E-state index in [0.717, 1.165) is 34.2 Å². The number of unbranched alkanes of at least 4 members (excludes halogenated alkanes) is 1. The molecule has 34 heavy (non-hydrogen) atoms. The lowest BCUT2D eigenvalue weighted by Crippen LogP contribution is -2.34. The number of benzene rings is 2. The number of aromatic amines is 1. The van der Waals surface area contributed by atoms with E-state index in [1.54, 1.807) is 7.11 Å². The van der Waals surface area contributed by atoms with Gasteiger partial charge in [0.25, 0.3) is 5.91 Å². The summed E-state index contributed by atoms with van der Waals surface area (Å²) in [4.78, 5) is 16.2. The third kappa shape index (κ3) is 5.98. The summed E-state index contributed by atoms with van der Waals surface area (Å²) in [5, 5.41) is 13.1. The summed E-state index contributed by atoms with van der Waals surface area (Å²) in [6.45, 7) is 1.09. The number of allylic oxidation sites excluding steroid dienone is 1. The Bertz CT molecular complexity index is 1110. The molecule has 4 rings (SSSR count). The Kier molecular flexibility index (Phi) is 8.22. The minimum atomic E-state index is -0.504. The first-order chi connectivity index (χ1) is 16.7. The monoisotopic (exact) mass is 464 g/mol. The average molecular weight is 465 g/mol. The molecule has 1 aromatic heterocycles. The Morgan fingerprint density at radius 1 is 1.21 bits per heavy atom. The predicted octanol–water partition coefficient (Wildman–Crippen LogP) is 4.04. The molecule has 3 N–H and O–H groups in total. The molecule has 1 amide bonds. The summed E-state index contributed by atoms with van der Waals surface area (Å²) in [5.74, 6) is 0.865. The minimum absolute atomic E-state index is 0.0274. The molecule has 0 aliphatic carbocycles. The van der Waals surface area contributed by atoms with Crippen molar-refractivity contribution in [3.63, 3.8) is 0 Å². The Hall–Kier alpha value is -3.29. The number of methoxy groups -OCH3 is 1. The zero-order valence-electron chi connectivity index (χ0n) is 19.5. The number of fused-ring (bicyclic) bond motifs is 1. The zero-order chi connectivity index (χ0) is 23.8. The number of ether oxygens (including phenoxy) is 3. The maximum Gasteiger partial charge on any atom is 0.286 e. The first kappa shape index (κ1) is 23.9. The molecule has 7 heteroatoms. The molecule has 180 valence electrons. The molecule has 1 aliphatic heterocycles. The number of carbonyl (C=O) groups is 1. The third-order valence-electron chi connectivity index (χ3n) is 6.02. The SMILES string of the molecule is COc1ccc2[nH]cc(CCNC(=O)C3=CC(c4ccccc4)CC(OCCCCO)O3)c2c1. The number of hydrogen-bond acceptors (Lipinski definition) is 5. The molecule has 0 bridgehead atoms. The summed E-state index contributed by atoms with van der Waals surface area (Å²) in [5.41, 5.74) is 3.26. The number of aromatic nitrogens is 1. The molecular weight excluding hydrogens is 432 g/mol. The van der Waals surface area contributed by atoms with Crippen LogP contribution in [0.4, 0.5) is 0 Å². The Morgan fingerprint density at radius 2 is 2.06 bits per heavy atom. The van der Waals surface area contributed by atoms with E-state index in [2.05, 4.69) is 22.4 Å². The standard InChI is InChI=1S/C27H32N2O5/c1-32-22-9-10-24-23(17-22)20(18-29-24)11-12-28-27(31)25-15-21(19-7-3-2-4-8-19)16-26(34-25)33-14-6-5-13-30/h2-4,7-10,15,17-18,21,26,29-30H,5-6,11-14,16H2,1H3,(H,28,31). The first-order valence-corrected chi connectivity index (χ1v) is 11.8. The van der Waals surface area contributed by atoms with Gasteiger partial charge in [-0.3, -0.25) is 4.79 Å². The molecule has 2 unspecified atom stereocenters. The fraction of sp³-hybridized carbons (Fsp3) is 0.370. The van der Waals surface area contributed by atoms with Crippen LogP contribution >= 0.6 is 0 Å². The van der Waals surface area contributed by atoms with E-state index in [1.165, 1.54) is 0 Å². The van der Waals surface area contributed by atoms with Gasteiger partial charge in [-0.05, 0) is 54.7 Å². The van der Waals surface area contributed by atoms with Gasteiger partial charge >= 0.3 is 0 Å². The lowest BCUT2D eigenvalue weighted by atomic mass is 9.93. The van der Waals surface area contributed by atoms with Gasteiger partial charge in [0.05, 0.1) is 13.7 Å². The second-order valence-corrected chi connectivity index (χ2v) is 8.36. The summed E-state index contributed by atoms with van der Waals surface area (Å²) >= 11 is 0. The van der Waals surface area contributed by atoms with Gasteiger partial charge in [0.2, 0.25) is 6.29 Å². The molecule has 0 saturated heterocycles. The molecule has 2 aromatic carbocycles. The van der Waals surface area contributed by atoms with Crippen molar-refractivity contribution in [3.05, 3.63) is 77.7 Å². The van der Waals surface area contributed by atoms with Gasteiger partial charge in [0.1, 0.15) is 5.75 Å². The largest absolute Gasteiger partial charge is 0.497 e. The van der Waals surface area contributed by atoms with Crippen molar-refractivity contribution in [1.82, 2.24) is 10.3 Å². The van der Waals surface area contributed by atoms with Gasteiger partial charge in [-0.2, -0.15) is 0 Å². The maximum absolute atomic E-state index is 13.0. The number of aliphatic hydroxyl groups excluding tert-OH is 1. The lowest BCUT2D eigenvalue weighted by Gasteiger charge is -2.29. The smallest absolute Gasteiger partial charge is 0.286 e.